The van der Waals surface area contributed by atoms with Crippen molar-refractivity contribution in [2.24, 2.45) is 5.73 Å². The van der Waals surface area contributed by atoms with Gasteiger partial charge in [-0.1, -0.05) is 19.3 Å². The molecular formula is C10H17F3N2OS. The number of amides is 1. The Balaban J connectivity index is 2.24. The molecule has 0 aliphatic heterocycles. The first-order valence-corrected chi connectivity index (χ1v) is 6.60. The largest absolute Gasteiger partial charge is 0.441 e. The summed E-state index contributed by atoms with van der Waals surface area (Å²) in [5, 5.41) is 2.48. The smallest absolute Gasteiger partial charge is 0.354 e. The lowest BCUT2D eigenvalue weighted by atomic mass is 9.82. The Morgan fingerprint density at radius 2 is 1.88 bits per heavy atom. The highest BCUT2D eigenvalue weighted by molar-refractivity contribution is 8.00. The SMILES string of the molecule is NC1(C(=O)NCCSC(F)(F)F)CCCCC1. The normalized spacial score (nSPS) is 20.0. The quantitative estimate of drug-likeness (QED) is 0.768. The molecule has 0 aromatic rings. The minimum atomic E-state index is -4.24. The number of halogens is 3. The van der Waals surface area contributed by atoms with Crippen molar-refractivity contribution in [2.45, 2.75) is 43.2 Å². The highest BCUT2D eigenvalue weighted by Crippen LogP contribution is 2.29. The van der Waals surface area contributed by atoms with Gasteiger partial charge in [0.15, 0.2) is 0 Å². The van der Waals surface area contributed by atoms with Crippen molar-refractivity contribution in [3.05, 3.63) is 0 Å². The monoisotopic (exact) mass is 270 g/mol. The molecule has 3 nitrogen and oxygen atoms in total. The molecular weight excluding hydrogens is 253 g/mol. The van der Waals surface area contributed by atoms with Gasteiger partial charge in [-0.25, -0.2) is 0 Å². The highest BCUT2D eigenvalue weighted by Gasteiger charge is 2.35. The zero-order valence-corrected chi connectivity index (χ0v) is 10.3. The van der Waals surface area contributed by atoms with Crippen LogP contribution in [0.25, 0.3) is 0 Å². The Bertz CT molecular complexity index is 265. The molecule has 1 aliphatic carbocycles. The van der Waals surface area contributed by atoms with Gasteiger partial charge in [-0.05, 0) is 24.6 Å². The third-order valence-electron chi connectivity index (χ3n) is 2.85. The number of nitrogens with two attached hydrogens (primary N) is 1. The number of rotatable bonds is 4. The van der Waals surface area contributed by atoms with Gasteiger partial charge in [0.2, 0.25) is 5.91 Å². The summed E-state index contributed by atoms with van der Waals surface area (Å²) < 4.78 is 35.5. The van der Waals surface area contributed by atoms with E-state index in [0.29, 0.717) is 12.8 Å². The minimum Gasteiger partial charge on any atom is -0.354 e. The van der Waals surface area contributed by atoms with Gasteiger partial charge in [-0.3, -0.25) is 4.79 Å². The van der Waals surface area contributed by atoms with E-state index in [-0.39, 0.29) is 30.0 Å². The minimum absolute atomic E-state index is 0.00194. The van der Waals surface area contributed by atoms with Crippen LogP contribution in [0.1, 0.15) is 32.1 Å². The van der Waals surface area contributed by atoms with Gasteiger partial charge < -0.3 is 11.1 Å². The second kappa shape index (κ2) is 5.95. The Labute approximate surface area is 103 Å². The first-order valence-electron chi connectivity index (χ1n) is 5.61. The van der Waals surface area contributed by atoms with Crippen molar-refractivity contribution < 1.29 is 18.0 Å². The molecule has 0 bridgehead atoms. The van der Waals surface area contributed by atoms with Crippen LogP contribution >= 0.6 is 11.8 Å². The van der Waals surface area contributed by atoms with Crippen molar-refractivity contribution in [2.75, 3.05) is 12.3 Å². The zero-order valence-electron chi connectivity index (χ0n) is 9.48. The topological polar surface area (TPSA) is 55.1 Å². The van der Waals surface area contributed by atoms with E-state index in [1.54, 1.807) is 0 Å². The number of alkyl halides is 3. The molecule has 1 saturated carbocycles. The Morgan fingerprint density at radius 1 is 1.29 bits per heavy atom. The van der Waals surface area contributed by atoms with E-state index in [9.17, 15) is 18.0 Å². The summed E-state index contributed by atoms with van der Waals surface area (Å²) in [6.07, 6.45) is 4.11. The number of carbonyl (C=O) groups excluding carboxylic acids is 1. The third-order valence-corrected chi connectivity index (χ3v) is 3.59. The number of carbonyl (C=O) groups is 1. The third kappa shape index (κ3) is 5.16. The highest BCUT2D eigenvalue weighted by atomic mass is 32.2. The van der Waals surface area contributed by atoms with Crippen LogP contribution in [0.4, 0.5) is 13.2 Å². The summed E-state index contributed by atoms with van der Waals surface area (Å²) >= 11 is -0.134. The van der Waals surface area contributed by atoms with Crippen molar-refractivity contribution in [1.29, 1.82) is 0 Å². The Hall–Kier alpha value is -0.430. The number of hydrogen-bond acceptors (Lipinski definition) is 3. The molecule has 0 aromatic heterocycles. The molecule has 7 heteroatoms. The lowest BCUT2D eigenvalue weighted by Crippen LogP contribution is -2.55. The van der Waals surface area contributed by atoms with Crippen molar-refractivity contribution >= 4 is 17.7 Å². The number of hydrogen-bond donors (Lipinski definition) is 2. The van der Waals surface area contributed by atoms with Crippen LogP contribution in [0, 0.1) is 0 Å². The number of thioether (sulfide) groups is 1. The Kier molecular flexibility index (Phi) is 5.12. The maximum Gasteiger partial charge on any atom is 0.441 e. The van der Waals surface area contributed by atoms with Crippen LogP contribution < -0.4 is 11.1 Å². The standard InChI is InChI=1S/C10H17F3N2OS/c11-10(12,13)17-7-6-15-8(16)9(14)4-2-1-3-5-9/h1-7,14H2,(H,15,16). The molecule has 0 spiro atoms. The first kappa shape index (κ1) is 14.6. The van der Waals surface area contributed by atoms with Gasteiger partial charge in [0.1, 0.15) is 0 Å². The fourth-order valence-corrected chi connectivity index (χ4v) is 2.35. The van der Waals surface area contributed by atoms with Crippen molar-refractivity contribution in [1.82, 2.24) is 5.32 Å². The van der Waals surface area contributed by atoms with Crippen LogP contribution in [-0.4, -0.2) is 29.3 Å². The average Bonchev–Trinajstić information content (AvgIpc) is 2.24. The van der Waals surface area contributed by atoms with Crippen LogP contribution in [0.5, 0.6) is 0 Å². The average molecular weight is 270 g/mol. The summed E-state index contributed by atoms with van der Waals surface area (Å²) in [7, 11) is 0. The van der Waals surface area contributed by atoms with Crippen molar-refractivity contribution in [3.63, 3.8) is 0 Å². The molecule has 1 amide bonds. The summed E-state index contributed by atoms with van der Waals surface area (Å²) in [5.41, 5.74) is 0.816. The maximum atomic E-state index is 11.8. The molecule has 0 atom stereocenters. The summed E-state index contributed by atoms with van der Waals surface area (Å²) in [6, 6.07) is 0. The summed E-state index contributed by atoms with van der Waals surface area (Å²) in [6.45, 7) is 0.00194. The van der Waals surface area contributed by atoms with Gasteiger partial charge >= 0.3 is 5.51 Å². The molecule has 0 radical (unpaired) electrons. The van der Waals surface area contributed by atoms with E-state index in [1.165, 1.54) is 0 Å². The molecule has 0 aromatic carbocycles. The van der Waals surface area contributed by atoms with E-state index in [4.69, 9.17) is 5.73 Å². The fourth-order valence-electron chi connectivity index (χ4n) is 1.92. The second-order valence-electron chi connectivity index (χ2n) is 4.27. The van der Waals surface area contributed by atoms with Gasteiger partial charge in [-0.15, -0.1) is 0 Å². The molecule has 1 rings (SSSR count). The predicted octanol–water partition coefficient (Wildman–Crippen LogP) is 2.02. The second-order valence-corrected chi connectivity index (χ2v) is 5.43. The van der Waals surface area contributed by atoms with Gasteiger partial charge in [0.25, 0.3) is 0 Å². The van der Waals surface area contributed by atoms with E-state index in [2.05, 4.69) is 5.32 Å². The van der Waals surface area contributed by atoms with Crippen molar-refractivity contribution in [3.8, 4) is 0 Å². The van der Waals surface area contributed by atoms with E-state index >= 15 is 0 Å². The molecule has 1 aliphatic rings. The van der Waals surface area contributed by atoms with E-state index in [0.717, 1.165) is 19.3 Å². The van der Waals surface area contributed by atoms with Crippen LogP contribution in [0.3, 0.4) is 0 Å². The Morgan fingerprint density at radius 3 is 2.41 bits per heavy atom. The van der Waals surface area contributed by atoms with Gasteiger partial charge in [0.05, 0.1) is 5.54 Å². The van der Waals surface area contributed by atoms with Gasteiger partial charge in [0, 0.05) is 12.3 Å². The molecule has 0 heterocycles. The summed E-state index contributed by atoms with van der Waals surface area (Å²) in [4.78, 5) is 11.7. The van der Waals surface area contributed by atoms with E-state index < -0.39 is 11.0 Å². The van der Waals surface area contributed by atoms with Crippen LogP contribution in [0.15, 0.2) is 0 Å². The van der Waals surface area contributed by atoms with Gasteiger partial charge in [-0.2, -0.15) is 13.2 Å². The maximum absolute atomic E-state index is 11.8. The molecule has 1 fully saturated rings. The zero-order chi connectivity index (χ0) is 12.9. The first-order chi connectivity index (χ1) is 7.83. The fraction of sp³-hybridized carbons (Fsp3) is 0.900. The van der Waals surface area contributed by atoms with Crippen LogP contribution in [-0.2, 0) is 4.79 Å². The number of nitrogens with one attached hydrogen (secondary N) is 1. The lowest BCUT2D eigenvalue weighted by molar-refractivity contribution is -0.127. The molecule has 3 N–H and O–H groups in total. The molecule has 0 saturated heterocycles. The van der Waals surface area contributed by atoms with E-state index in [1.807, 2.05) is 0 Å². The molecule has 100 valence electrons. The lowest BCUT2D eigenvalue weighted by Gasteiger charge is -2.31. The summed E-state index contributed by atoms with van der Waals surface area (Å²) in [5.74, 6) is -0.495. The predicted molar refractivity (Wildman–Crippen MR) is 61.5 cm³/mol. The van der Waals surface area contributed by atoms with Crippen LogP contribution in [0.2, 0.25) is 0 Å². The molecule has 17 heavy (non-hydrogen) atoms. The molecule has 0 unspecified atom stereocenters.